The van der Waals surface area contributed by atoms with Gasteiger partial charge < -0.3 is 14.7 Å². The molecule has 5 heteroatoms. The molecule has 95 heavy (non-hydrogen) atoms. The Kier molecular flexibility index (Phi) is 14.7. The van der Waals surface area contributed by atoms with E-state index >= 15 is 0 Å². The summed E-state index contributed by atoms with van der Waals surface area (Å²) >= 11 is 0. The third-order valence-electron chi connectivity index (χ3n) is 19.4. The standard InChI is InChI=1S/C90H64BN3Si/c1-11-33-65(34-12-1)70-61-86-88-87(62-70)94(90-80(68-39-17-4-18-40-68)55-32-56-81(90)69-41-19-5-20-42-69)85-63-73(92(71-43-21-6-22-44-71)72-45-23-7-24-46-72)57-59-82(85)91(88)83-64-77(95(74-47-25-8-26-48-74,75-49-27-9-28-50-75)76-51-29-10-30-52-76)58-60-84(83)93(86)89-78(66-35-13-2-14-36-66)53-31-54-79(89)67-37-15-3-16-38-67/h1-64H. The summed E-state index contributed by atoms with van der Waals surface area (Å²) < 4.78 is 0. The molecule has 0 N–H and O–H groups in total. The van der Waals surface area contributed by atoms with Crippen LogP contribution in [0, 0.1) is 0 Å². The molecule has 0 saturated carbocycles. The molecule has 0 fully saturated rings. The number of para-hydroxylation sites is 4. The van der Waals surface area contributed by atoms with Gasteiger partial charge in [0.2, 0.25) is 0 Å². The predicted octanol–water partition coefficient (Wildman–Crippen LogP) is 19.0. The molecule has 0 aliphatic carbocycles. The normalized spacial score (nSPS) is 12.1. The molecule has 15 aromatic carbocycles. The van der Waals surface area contributed by atoms with E-state index in [2.05, 4.69) is 403 Å². The zero-order valence-corrected chi connectivity index (χ0v) is 53.4. The minimum atomic E-state index is -3.15. The van der Waals surface area contributed by atoms with Crippen LogP contribution in [0.3, 0.4) is 0 Å². The summed E-state index contributed by atoms with van der Waals surface area (Å²) in [7, 11) is -3.15. The fourth-order valence-electron chi connectivity index (χ4n) is 15.3. The number of rotatable bonds is 14. The minimum Gasteiger partial charge on any atom is -0.310 e. The largest absolute Gasteiger partial charge is 0.310 e. The number of fused-ring (bicyclic) bond motifs is 4. The molecule has 0 saturated heterocycles. The van der Waals surface area contributed by atoms with Gasteiger partial charge in [-0.1, -0.05) is 334 Å². The van der Waals surface area contributed by atoms with Crippen molar-refractivity contribution in [2.24, 2.45) is 0 Å². The molecule has 3 nitrogen and oxygen atoms in total. The second kappa shape index (κ2) is 24.6. The number of hydrogen-bond acceptors (Lipinski definition) is 3. The molecule has 0 aromatic heterocycles. The predicted molar refractivity (Wildman–Crippen MR) is 406 cm³/mol. The van der Waals surface area contributed by atoms with Gasteiger partial charge >= 0.3 is 0 Å². The lowest BCUT2D eigenvalue weighted by molar-refractivity contribution is 1.24. The number of anilines is 9. The van der Waals surface area contributed by atoms with Crippen molar-refractivity contribution in [3.8, 4) is 55.6 Å². The van der Waals surface area contributed by atoms with Crippen molar-refractivity contribution in [1.82, 2.24) is 0 Å². The summed E-state index contributed by atoms with van der Waals surface area (Å²) in [6.07, 6.45) is 0. The van der Waals surface area contributed by atoms with Crippen molar-refractivity contribution in [3.05, 3.63) is 388 Å². The van der Waals surface area contributed by atoms with E-state index in [0.29, 0.717) is 0 Å². The highest BCUT2D eigenvalue weighted by atomic mass is 28.3. The second-order valence-corrected chi connectivity index (χ2v) is 28.4. The average Bonchev–Trinajstić information content (AvgIpc) is 0.682. The molecule has 15 aromatic rings. The highest BCUT2D eigenvalue weighted by molar-refractivity contribution is 7.20. The van der Waals surface area contributed by atoms with Crippen LogP contribution in [-0.2, 0) is 0 Å². The molecule has 0 unspecified atom stereocenters. The topological polar surface area (TPSA) is 9.72 Å². The van der Waals surface area contributed by atoms with Gasteiger partial charge in [-0.25, -0.2) is 0 Å². The van der Waals surface area contributed by atoms with Crippen molar-refractivity contribution >= 4 is 103 Å². The zero-order valence-electron chi connectivity index (χ0n) is 52.4. The van der Waals surface area contributed by atoms with Crippen LogP contribution in [0.2, 0.25) is 0 Å². The van der Waals surface area contributed by atoms with Gasteiger partial charge in [0, 0.05) is 62.1 Å². The lowest BCUT2D eigenvalue weighted by Crippen LogP contribution is -2.75. The van der Waals surface area contributed by atoms with Crippen LogP contribution in [0.15, 0.2) is 388 Å². The van der Waals surface area contributed by atoms with Crippen molar-refractivity contribution in [1.29, 1.82) is 0 Å². The number of hydrogen-bond donors (Lipinski definition) is 0. The highest BCUT2D eigenvalue weighted by Gasteiger charge is 2.48. The first-order valence-electron chi connectivity index (χ1n) is 32.9. The Morgan fingerprint density at radius 2 is 0.568 bits per heavy atom. The van der Waals surface area contributed by atoms with Gasteiger partial charge in [0.25, 0.3) is 6.71 Å². The molecule has 0 atom stereocenters. The molecule has 0 amide bonds. The zero-order chi connectivity index (χ0) is 63.1. The summed E-state index contributed by atoms with van der Waals surface area (Å²) in [6.45, 7) is -0.277. The van der Waals surface area contributed by atoms with Gasteiger partial charge in [0.1, 0.15) is 0 Å². The third-order valence-corrected chi connectivity index (χ3v) is 24.1. The van der Waals surface area contributed by atoms with Gasteiger partial charge in [-0.2, -0.15) is 0 Å². The van der Waals surface area contributed by atoms with Crippen molar-refractivity contribution in [3.63, 3.8) is 0 Å². The second-order valence-electron chi connectivity index (χ2n) is 24.6. The first kappa shape index (κ1) is 56.9. The van der Waals surface area contributed by atoms with E-state index in [-0.39, 0.29) is 6.71 Å². The lowest BCUT2D eigenvalue weighted by Gasteiger charge is -2.46. The molecule has 2 aliphatic rings. The molecule has 446 valence electrons. The van der Waals surface area contributed by atoms with Crippen LogP contribution >= 0.6 is 0 Å². The molecule has 17 rings (SSSR count). The van der Waals surface area contributed by atoms with Crippen LogP contribution in [0.1, 0.15) is 0 Å². The fraction of sp³-hybridized carbons (Fsp3) is 0. The van der Waals surface area contributed by atoms with Gasteiger partial charge in [0.05, 0.1) is 11.4 Å². The SMILES string of the molecule is c1ccc(-c2cc3c4c(c2)N(c2c(-c5ccccc5)cccc2-c2ccccc2)c2cc(N(c5ccccc5)c5ccccc5)ccc2B4c2cc([Si](c4ccccc4)(c4ccccc4)c4ccccc4)ccc2N3c2c(-c3ccccc3)cccc2-c2ccccc2)cc1. The van der Waals surface area contributed by atoms with E-state index in [0.717, 1.165) is 107 Å². The van der Waals surface area contributed by atoms with Crippen molar-refractivity contribution in [2.45, 2.75) is 0 Å². The van der Waals surface area contributed by atoms with Gasteiger partial charge in [-0.05, 0) is 125 Å². The van der Waals surface area contributed by atoms with E-state index in [9.17, 15) is 0 Å². The monoisotopic (exact) mass is 1230 g/mol. The Labute approximate surface area is 558 Å². The van der Waals surface area contributed by atoms with Crippen LogP contribution in [0.5, 0.6) is 0 Å². The maximum atomic E-state index is 2.67. The minimum absolute atomic E-state index is 0.277. The average molecular weight is 1230 g/mol. The fourth-order valence-corrected chi connectivity index (χ4v) is 20.1. The first-order valence-corrected chi connectivity index (χ1v) is 34.9. The molecule has 2 heterocycles. The van der Waals surface area contributed by atoms with Crippen molar-refractivity contribution < 1.29 is 0 Å². The summed E-state index contributed by atoms with van der Waals surface area (Å²) in [4.78, 5) is 7.76. The Morgan fingerprint density at radius 3 is 0.958 bits per heavy atom. The van der Waals surface area contributed by atoms with Gasteiger partial charge in [-0.15, -0.1) is 0 Å². The molecule has 0 spiro atoms. The Morgan fingerprint density at radius 1 is 0.221 bits per heavy atom. The molecular weight excluding hydrogens is 1160 g/mol. The van der Waals surface area contributed by atoms with E-state index < -0.39 is 8.07 Å². The molecule has 2 aliphatic heterocycles. The lowest BCUT2D eigenvalue weighted by atomic mass is 9.33. The van der Waals surface area contributed by atoms with Crippen LogP contribution in [0.4, 0.5) is 51.2 Å². The maximum Gasteiger partial charge on any atom is 0.252 e. The summed E-state index contributed by atoms with van der Waals surface area (Å²) in [5.74, 6) is 0. The van der Waals surface area contributed by atoms with Gasteiger partial charge in [0.15, 0.2) is 8.07 Å². The first-order chi connectivity index (χ1) is 47.2. The van der Waals surface area contributed by atoms with Gasteiger partial charge in [-0.3, -0.25) is 0 Å². The molecule has 0 bridgehead atoms. The summed E-state index contributed by atoms with van der Waals surface area (Å²) in [5, 5.41) is 5.29. The van der Waals surface area contributed by atoms with E-state index in [4.69, 9.17) is 0 Å². The van der Waals surface area contributed by atoms with E-state index in [1.807, 2.05) is 0 Å². The van der Waals surface area contributed by atoms with Crippen molar-refractivity contribution in [2.75, 3.05) is 14.7 Å². The Hall–Kier alpha value is -12.0. The van der Waals surface area contributed by atoms with E-state index in [1.165, 1.54) is 37.1 Å². The highest BCUT2D eigenvalue weighted by Crippen LogP contribution is 2.54. The van der Waals surface area contributed by atoms with Crippen LogP contribution in [-0.4, -0.2) is 14.8 Å². The van der Waals surface area contributed by atoms with E-state index in [1.54, 1.807) is 0 Å². The Balaban J connectivity index is 1.07. The quantitative estimate of drug-likeness (QED) is 0.0794. The van der Waals surface area contributed by atoms with Crippen LogP contribution in [0.25, 0.3) is 55.6 Å². The molecular formula is C90H64BN3Si. The smallest absolute Gasteiger partial charge is 0.252 e. The van der Waals surface area contributed by atoms with Crippen LogP contribution < -0.4 is 51.8 Å². The number of nitrogens with zero attached hydrogens (tertiary/aromatic N) is 3. The maximum absolute atomic E-state index is 3.15. The number of benzene rings is 15. The Bertz CT molecular complexity index is 4970. The summed E-state index contributed by atoms with van der Waals surface area (Å²) in [5.41, 5.74) is 24.9. The third kappa shape index (κ3) is 9.92. The summed E-state index contributed by atoms with van der Waals surface area (Å²) in [6, 6.07) is 145. The molecule has 0 radical (unpaired) electrons.